The SMILES string of the molecule is O=C1CC[C@H]2C3CC[C@H]4C[C@@H](O)C12C34. The Morgan fingerprint density at radius 3 is 3.00 bits per heavy atom. The molecule has 1 spiro atoms. The molecule has 4 saturated carbocycles. The van der Waals surface area contributed by atoms with E-state index in [4.69, 9.17) is 0 Å². The van der Waals surface area contributed by atoms with Gasteiger partial charge in [0.2, 0.25) is 0 Å². The van der Waals surface area contributed by atoms with E-state index >= 15 is 0 Å². The molecule has 4 fully saturated rings. The first-order chi connectivity index (χ1) is 6.76. The number of aliphatic hydroxyl groups excluding tert-OH is 1. The van der Waals surface area contributed by atoms with Gasteiger partial charge >= 0.3 is 0 Å². The number of hydrogen-bond donors (Lipinski definition) is 1. The van der Waals surface area contributed by atoms with Gasteiger partial charge in [-0.1, -0.05) is 0 Å². The van der Waals surface area contributed by atoms with Crippen LogP contribution in [0.4, 0.5) is 0 Å². The maximum Gasteiger partial charge on any atom is 0.142 e. The standard InChI is InChI=1S/C12H16O2/c13-9-4-3-8-7-2-1-6-5-10(14)12(8,9)11(6)7/h6-8,10-11,14H,1-5H2/t6-,7?,8-,10+,11?,12?/m0/s1. The molecular formula is C12H16O2. The molecule has 0 amide bonds. The fourth-order valence-electron chi connectivity index (χ4n) is 5.54. The highest BCUT2D eigenvalue weighted by Gasteiger charge is 2.76. The molecule has 6 atom stereocenters. The summed E-state index contributed by atoms with van der Waals surface area (Å²) >= 11 is 0. The summed E-state index contributed by atoms with van der Waals surface area (Å²) in [6, 6.07) is 0. The van der Waals surface area contributed by atoms with Crippen LogP contribution in [0.5, 0.6) is 0 Å². The summed E-state index contributed by atoms with van der Waals surface area (Å²) in [6.45, 7) is 0. The van der Waals surface area contributed by atoms with Gasteiger partial charge in [0, 0.05) is 6.42 Å². The van der Waals surface area contributed by atoms with Crippen LogP contribution >= 0.6 is 0 Å². The van der Waals surface area contributed by atoms with Gasteiger partial charge in [-0.15, -0.1) is 0 Å². The third-order valence-corrected chi connectivity index (χ3v) is 5.76. The average Bonchev–Trinajstić information content (AvgIpc) is 2.63. The lowest BCUT2D eigenvalue weighted by Gasteiger charge is -2.54. The molecule has 0 aromatic rings. The molecule has 76 valence electrons. The van der Waals surface area contributed by atoms with E-state index in [9.17, 15) is 9.90 Å². The molecule has 4 aliphatic carbocycles. The normalized spacial score (nSPS) is 63.8. The molecule has 14 heavy (non-hydrogen) atoms. The van der Waals surface area contributed by atoms with Crippen LogP contribution in [-0.4, -0.2) is 17.0 Å². The molecule has 0 radical (unpaired) electrons. The highest BCUT2D eigenvalue weighted by atomic mass is 16.3. The maximum atomic E-state index is 12.0. The van der Waals surface area contributed by atoms with E-state index in [-0.39, 0.29) is 11.5 Å². The zero-order valence-electron chi connectivity index (χ0n) is 8.28. The Labute approximate surface area is 83.7 Å². The van der Waals surface area contributed by atoms with E-state index < -0.39 is 0 Å². The number of hydrogen-bond acceptors (Lipinski definition) is 2. The molecule has 4 aliphatic rings. The quantitative estimate of drug-likeness (QED) is 0.629. The van der Waals surface area contributed by atoms with Crippen molar-refractivity contribution in [3.8, 4) is 0 Å². The van der Waals surface area contributed by atoms with E-state index in [1.54, 1.807) is 0 Å². The molecule has 0 saturated heterocycles. The molecule has 2 heteroatoms. The predicted octanol–water partition coefficient (Wildman–Crippen LogP) is 1.37. The average molecular weight is 192 g/mol. The predicted molar refractivity (Wildman–Crippen MR) is 50.5 cm³/mol. The molecular weight excluding hydrogens is 176 g/mol. The van der Waals surface area contributed by atoms with Crippen molar-refractivity contribution < 1.29 is 9.90 Å². The number of carbonyl (C=O) groups excluding carboxylic acids is 1. The van der Waals surface area contributed by atoms with E-state index in [0.717, 1.165) is 25.2 Å². The van der Waals surface area contributed by atoms with Gasteiger partial charge in [0.25, 0.3) is 0 Å². The zero-order chi connectivity index (χ0) is 9.50. The Bertz CT molecular complexity index is 324. The van der Waals surface area contributed by atoms with Gasteiger partial charge in [0.1, 0.15) is 5.78 Å². The number of Topliss-reactive ketones (excluding diaryl/α,β-unsaturated/α-hetero) is 1. The summed E-state index contributed by atoms with van der Waals surface area (Å²) in [5.41, 5.74) is -0.216. The first-order valence-corrected chi connectivity index (χ1v) is 5.97. The molecule has 1 N–H and O–H groups in total. The first kappa shape index (κ1) is 7.86. The molecule has 2 nitrogen and oxygen atoms in total. The largest absolute Gasteiger partial charge is 0.392 e. The molecule has 4 rings (SSSR count). The van der Waals surface area contributed by atoms with Gasteiger partial charge in [-0.05, 0) is 49.4 Å². The monoisotopic (exact) mass is 192 g/mol. The van der Waals surface area contributed by atoms with E-state index in [0.29, 0.717) is 23.5 Å². The number of carbonyl (C=O) groups is 1. The van der Waals surface area contributed by atoms with Crippen LogP contribution in [0.1, 0.15) is 32.1 Å². The Kier molecular flexibility index (Phi) is 1.17. The Hall–Kier alpha value is -0.370. The highest BCUT2D eigenvalue weighted by Crippen LogP contribution is 2.75. The van der Waals surface area contributed by atoms with Crippen molar-refractivity contribution in [2.75, 3.05) is 0 Å². The smallest absolute Gasteiger partial charge is 0.142 e. The molecule has 0 bridgehead atoms. The molecule has 0 aromatic carbocycles. The van der Waals surface area contributed by atoms with Crippen LogP contribution in [0.2, 0.25) is 0 Å². The lowest BCUT2D eigenvalue weighted by molar-refractivity contribution is -0.161. The fraction of sp³-hybridized carbons (Fsp3) is 0.917. The minimum absolute atomic E-state index is 0.216. The lowest BCUT2D eigenvalue weighted by atomic mass is 9.49. The van der Waals surface area contributed by atoms with Crippen LogP contribution in [0.25, 0.3) is 0 Å². The van der Waals surface area contributed by atoms with Crippen molar-refractivity contribution in [1.29, 1.82) is 0 Å². The van der Waals surface area contributed by atoms with Gasteiger partial charge in [-0.25, -0.2) is 0 Å². The Balaban J connectivity index is 1.88. The molecule has 0 aliphatic heterocycles. The van der Waals surface area contributed by atoms with Crippen molar-refractivity contribution in [3.63, 3.8) is 0 Å². The summed E-state index contributed by atoms with van der Waals surface area (Å²) in [4.78, 5) is 12.0. The summed E-state index contributed by atoms with van der Waals surface area (Å²) in [6.07, 6.45) is 5.07. The first-order valence-electron chi connectivity index (χ1n) is 5.97. The molecule has 0 aromatic heterocycles. The number of ketones is 1. The van der Waals surface area contributed by atoms with Gasteiger partial charge in [0.15, 0.2) is 0 Å². The summed E-state index contributed by atoms with van der Waals surface area (Å²) in [5, 5.41) is 10.2. The van der Waals surface area contributed by atoms with Crippen molar-refractivity contribution in [1.82, 2.24) is 0 Å². The Morgan fingerprint density at radius 2 is 2.14 bits per heavy atom. The Morgan fingerprint density at radius 1 is 1.29 bits per heavy atom. The van der Waals surface area contributed by atoms with Crippen LogP contribution in [0, 0.1) is 29.1 Å². The van der Waals surface area contributed by atoms with Crippen LogP contribution < -0.4 is 0 Å². The lowest BCUT2D eigenvalue weighted by Crippen LogP contribution is -2.58. The summed E-state index contributed by atoms with van der Waals surface area (Å²) in [5.74, 6) is 3.07. The van der Waals surface area contributed by atoms with Crippen molar-refractivity contribution in [2.24, 2.45) is 29.1 Å². The highest BCUT2D eigenvalue weighted by molar-refractivity contribution is 5.90. The van der Waals surface area contributed by atoms with Gasteiger partial charge in [-0.2, -0.15) is 0 Å². The van der Waals surface area contributed by atoms with Crippen LogP contribution in [0.3, 0.4) is 0 Å². The number of rotatable bonds is 0. The summed E-state index contributed by atoms with van der Waals surface area (Å²) < 4.78 is 0. The van der Waals surface area contributed by atoms with E-state index in [2.05, 4.69) is 0 Å². The van der Waals surface area contributed by atoms with Gasteiger partial charge < -0.3 is 5.11 Å². The van der Waals surface area contributed by atoms with Crippen LogP contribution in [-0.2, 0) is 4.79 Å². The maximum absolute atomic E-state index is 12.0. The van der Waals surface area contributed by atoms with Crippen LogP contribution in [0.15, 0.2) is 0 Å². The third-order valence-electron chi connectivity index (χ3n) is 5.76. The topological polar surface area (TPSA) is 37.3 Å². The molecule has 0 heterocycles. The third kappa shape index (κ3) is 0.534. The number of fused-ring (bicyclic) bond motifs is 1. The minimum Gasteiger partial charge on any atom is -0.392 e. The van der Waals surface area contributed by atoms with Crippen molar-refractivity contribution in [3.05, 3.63) is 0 Å². The zero-order valence-corrected chi connectivity index (χ0v) is 8.28. The van der Waals surface area contributed by atoms with E-state index in [1.165, 1.54) is 12.8 Å². The van der Waals surface area contributed by atoms with Crippen molar-refractivity contribution >= 4 is 5.78 Å². The van der Waals surface area contributed by atoms with Gasteiger partial charge in [0.05, 0.1) is 11.5 Å². The second-order valence-electron chi connectivity index (χ2n) is 5.78. The van der Waals surface area contributed by atoms with Crippen molar-refractivity contribution in [2.45, 2.75) is 38.2 Å². The minimum atomic E-state index is -0.283. The summed E-state index contributed by atoms with van der Waals surface area (Å²) in [7, 11) is 0. The molecule has 3 unspecified atom stereocenters. The second kappa shape index (κ2) is 2.08. The second-order valence-corrected chi connectivity index (χ2v) is 5.78. The van der Waals surface area contributed by atoms with E-state index in [1.807, 2.05) is 0 Å². The van der Waals surface area contributed by atoms with Gasteiger partial charge in [-0.3, -0.25) is 4.79 Å². The fourth-order valence-corrected chi connectivity index (χ4v) is 5.54. The number of aliphatic hydroxyl groups is 1.